The van der Waals surface area contributed by atoms with Gasteiger partial charge in [0, 0.05) is 26.2 Å². The number of amides is 3. The molecule has 0 aliphatic carbocycles. The van der Waals surface area contributed by atoms with Crippen molar-refractivity contribution in [1.29, 1.82) is 0 Å². The van der Waals surface area contributed by atoms with Gasteiger partial charge in [-0.05, 0) is 43.3 Å². The number of para-hydroxylation sites is 1. The Balaban J connectivity index is 1.39. The smallest absolute Gasteiger partial charge is 0.409 e. The fourth-order valence-electron chi connectivity index (χ4n) is 3.89. The van der Waals surface area contributed by atoms with Crippen LogP contribution in [0.5, 0.6) is 11.5 Å². The summed E-state index contributed by atoms with van der Waals surface area (Å²) < 4.78 is 10.8. The van der Waals surface area contributed by atoms with Crippen LogP contribution in [-0.2, 0) is 14.3 Å². The monoisotopic (exact) mass is 423 g/mol. The van der Waals surface area contributed by atoms with E-state index in [9.17, 15) is 14.4 Å². The lowest BCUT2D eigenvalue weighted by molar-refractivity contribution is -0.123. The number of carbonyl (C=O) groups is 3. The molecule has 3 amide bonds. The van der Waals surface area contributed by atoms with Crippen LogP contribution in [0.25, 0.3) is 0 Å². The van der Waals surface area contributed by atoms with Crippen LogP contribution < -0.4 is 9.64 Å². The van der Waals surface area contributed by atoms with Crippen LogP contribution in [0.4, 0.5) is 10.5 Å². The Morgan fingerprint density at radius 1 is 0.935 bits per heavy atom. The number of hydrogen-bond donors (Lipinski definition) is 0. The second-order valence-corrected chi connectivity index (χ2v) is 7.42. The molecule has 162 valence electrons. The first-order valence-corrected chi connectivity index (χ1v) is 10.4. The van der Waals surface area contributed by atoms with Gasteiger partial charge in [-0.15, -0.1) is 0 Å². The minimum absolute atomic E-state index is 0.139. The molecule has 0 spiro atoms. The standard InChI is InChI=1S/C23H25N3O5/c1-2-30-23(29)25-14-12-24(13-15-25)20-16-21(27)26(22(20)28)17-8-10-19(11-9-17)31-18-6-4-3-5-7-18/h3-11,20H,2,12-16H2,1H3/t20-/m0/s1. The Morgan fingerprint density at radius 3 is 2.23 bits per heavy atom. The number of rotatable bonds is 5. The summed E-state index contributed by atoms with van der Waals surface area (Å²) in [6.07, 6.45) is -0.198. The summed E-state index contributed by atoms with van der Waals surface area (Å²) >= 11 is 0. The Labute approximate surface area is 180 Å². The van der Waals surface area contributed by atoms with Crippen molar-refractivity contribution in [2.75, 3.05) is 37.7 Å². The summed E-state index contributed by atoms with van der Waals surface area (Å²) in [6, 6.07) is 15.8. The third kappa shape index (κ3) is 4.54. The number of benzene rings is 2. The predicted molar refractivity (Wildman–Crippen MR) is 114 cm³/mol. The highest BCUT2D eigenvalue weighted by Gasteiger charge is 2.43. The van der Waals surface area contributed by atoms with Crippen molar-refractivity contribution in [3.8, 4) is 11.5 Å². The number of piperazine rings is 1. The minimum Gasteiger partial charge on any atom is -0.457 e. The zero-order chi connectivity index (χ0) is 21.8. The quantitative estimate of drug-likeness (QED) is 0.688. The molecule has 2 aliphatic rings. The van der Waals surface area contributed by atoms with Crippen LogP contribution in [0.3, 0.4) is 0 Å². The third-order valence-corrected chi connectivity index (χ3v) is 5.48. The third-order valence-electron chi connectivity index (χ3n) is 5.48. The molecule has 0 unspecified atom stereocenters. The lowest BCUT2D eigenvalue weighted by atomic mass is 10.2. The van der Waals surface area contributed by atoms with E-state index >= 15 is 0 Å². The lowest BCUT2D eigenvalue weighted by Gasteiger charge is -2.36. The highest BCUT2D eigenvalue weighted by molar-refractivity contribution is 6.22. The molecule has 8 heteroatoms. The summed E-state index contributed by atoms with van der Waals surface area (Å²) in [5, 5.41) is 0. The molecule has 31 heavy (non-hydrogen) atoms. The summed E-state index contributed by atoms with van der Waals surface area (Å²) in [4.78, 5) is 42.4. The van der Waals surface area contributed by atoms with E-state index in [1.165, 1.54) is 4.90 Å². The topological polar surface area (TPSA) is 79.4 Å². The van der Waals surface area contributed by atoms with Gasteiger partial charge in [0.2, 0.25) is 5.91 Å². The minimum atomic E-state index is -0.503. The molecule has 8 nitrogen and oxygen atoms in total. The molecule has 0 aromatic heterocycles. The van der Waals surface area contributed by atoms with Gasteiger partial charge in [-0.1, -0.05) is 18.2 Å². The first-order valence-electron chi connectivity index (χ1n) is 10.4. The van der Waals surface area contributed by atoms with Crippen molar-refractivity contribution in [3.05, 3.63) is 54.6 Å². The zero-order valence-electron chi connectivity index (χ0n) is 17.4. The molecule has 4 rings (SSSR count). The molecule has 0 saturated carbocycles. The number of imide groups is 1. The van der Waals surface area contributed by atoms with Gasteiger partial charge in [0.05, 0.1) is 24.8 Å². The van der Waals surface area contributed by atoms with E-state index in [4.69, 9.17) is 9.47 Å². The van der Waals surface area contributed by atoms with E-state index in [1.807, 2.05) is 35.2 Å². The fourth-order valence-corrected chi connectivity index (χ4v) is 3.89. The molecule has 0 radical (unpaired) electrons. The van der Waals surface area contributed by atoms with Crippen LogP contribution in [0, 0.1) is 0 Å². The Kier molecular flexibility index (Phi) is 6.18. The van der Waals surface area contributed by atoms with Gasteiger partial charge in [0.15, 0.2) is 0 Å². The zero-order valence-corrected chi connectivity index (χ0v) is 17.4. The Morgan fingerprint density at radius 2 is 1.58 bits per heavy atom. The van der Waals surface area contributed by atoms with Crippen molar-refractivity contribution in [2.45, 2.75) is 19.4 Å². The molecule has 2 fully saturated rings. The number of hydrogen-bond acceptors (Lipinski definition) is 6. The average Bonchev–Trinajstić information content (AvgIpc) is 3.09. The summed E-state index contributed by atoms with van der Waals surface area (Å²) in [5.74, 6) is 0.886. The molecule has 2 aromatic carbocycles. The number of anilines is 1. The van der Waals surface area contributed by atoms with Gasteiger partial charge in [-0.2, -0.15) is 0 Å². The van der Waals surface area contributed by atoms with Crippen LogP contribution in [0.2, 0.25) is 0 Å². The Hall–Kier alpha value is -3.39. The normalized spacial score (nSPS) is 19.6. The summed E-state index contributed by atoms with van der Waals surface area (Å²) in [6.45, 7) is 4.11. The SMILES string of the molecule is CCOC(=O)N1CCN([C@H]2CC(=O)N(c3ccc(Oc4ccccc4)cc3)C2=O)CC1. The highest BCUT2D eigenvalue weighted by atomic mass is 16.6. The largest absolute Gasteiger partial charge is 0.457 e. The van der Waals surface area contributed by atoms with E-state index in [2.05, 4.69) is 0 Å². The maximum atomic E-state index is 13.0. The molecular formula is C23H25N3O5. The molecular weight excluding hydrogens is 398 g/mol. The van der Waals surface area contributed by atoms with Gasteiger partial charge < -0.3 is 14.4 Å². The van der Waals surface area contributed by atoms with Gasteiger partial charge in [-0.25, -0.2) is 9.69 Å². The number of carbonyl (C=O) groups excluding carboxylic acids is 3. The predicted octanol–water partition coefficient (Wildman–Crippen LogP) is 2.88. The van der Waals surface area contributed by atoms with Crippen molar-refractivity contribution < 1.29 is 23.9 Å². The number of nitrogens with zero attached hydrogens (tertiary/aromatic N) is 3. The molecule has 0 N–H and O–H groups in total. The highest BCUT2D eigenvalue weighted by Crippen LogP contribution is 2.29. The van der Waals surface area contributed by atoms with Crippen LogP contribution >= 0.6 is 0 Å². The first kappa shape index (κ1) is 20.9. The van der Waals surface area contributed by atoms with Crippen molar-refractivity contribution in [2.24, 2.45) is 0 Å². The fraction of sp³-hybridized carbons (Fsp3) is 0.348. The average molecular weight is 423 g/mol. The van der Waals surface area contributed by atoms with Crippen LogP contribution in [-0.4, -0.2) is 66.5 Å². The van der Waals surface area contributed by atoms with Gasteiger partial charge in [0.1, 0.15) is 11.5 Å². The first-order chi connectivity index (χ1) is 15.1. The maximum Gasteiger partial charge on any atom is 0.409 e. The summed E-state index contributed by atoms with van der Waals surface area (Å²) in [7, 11) is 0. The molecule has 2 aromatic rings. The van der Waals surface area contributed by atoms with E-state index in [0.717, 1.165) is 0 Å². The van der Waals surface area contributed by atoms with E-state index in [-0.39, 0.29) is 24.3 Å². The molecule has 2 saturated heterocycles. The van der Waals surface area contributed by atoms with Crippen molar-refractivity contribution >= 4 is 23.6 Å². The van der Waals surface area contributed by atoms with Gasteiger partial charge >= 0.3 is 6.09 Å². The van der Waals surface area contributed by atoms with Crippen molar-refractivity contribution in [1.82, 2.24) is 9.80 Å². The second-order valence-electron chi connectivity index (χ2n) is 7.42. The molecule has 1 atom stereocenters. The second kappa shape index (κ2) is 9.18. The van der Waals surface area contributed by atoms with Crippen LogP contribution in [0.15, 0.2) is 54.6 Å². The van der Waals surface area contributed by atoms with Crippen LogP contribution in [0.1, 0.15) is 13.3 Å². The van der Waals surface area contributed by atoms with E-state index in [0.29, 0.717) is 50.0 Å². The van der Waals surface area contributed by atoms with Gasteiger partial charge in [-0.3, -0.25) is 14.5 Å². The molecule has 2 heterocycles. The maximum absolute atomic E-state index is 13.0. The molecule has 0 bridgehead atoms. The Bertz CT molecular complexity index is 939. The van der Waals surface area contributed by atoms with Gasteiger partial charge in [0.25, 0.3) is 5.91 Å². The summed E-state index contributed by atoms with van der Waals surface area (Å²) in [5.41, 5.74) is 0.531. The van der Waals surface area contributed by atoms with Crippen molar-refractivity contribution in [3.63, 3.8) is 0 Å². The van der Waals surface area contributed by atoms with E-state index < -0.39 is 6.04 Å². The lowest BCUT2D eigenvalue weighted by Crippen LogP contribution is -2.54. The molecule has 2 aliphatic heterocycles. The number of ether oxygens (including phenoxy) is 2. The van der Waals surface area contributed by atoms with E-state index in [1.54, 1.807) is 36.1 Å².